The minimum Gasteiger partial charge on any atom is -0.269 e. The van der Waals surface area contributed by atoms with Crippen LogP contribution in [0.2, 0.25) is 10.0 Å². The molecular formula is C33H26Cl2N8O2. The van der Waals surface area contributed by atoms with Crippen molar-refractivity contribution in [2.24, 2.45) is 30.7 Å². The van der Waals surface area contributed by atoms with Gasteiger partial charge in [-0.25, -0.2) is 0 Å². The Hall–Kier alpha value is -5.06. The predicted molar refractivity (Wildman–Crippen MR) is 177 cm³/mol. The number of hydrogen-bond donors (Lipinski definition) is 0. The average molecular weight is 638 g/mol. The molecule has 2 aliphatic heterocycles. The molecule has 0 saturated heterocycles. The predicted octanol–water partition coefficient (Wildman–Crippen LogP) is 8.72. The maximum absolute atomic E-state index is 13.0. The number of carbonyl (C=O) groups excluding carboxylic acids is 2. The van der Waals surface area contributed by atoms with Crippen molar-refractivity contribution in [1.29, 1.82) is 0 Å². The van der Waals surface area contributed by atoms with E-state index in [1.165, 1.54) is 10.0 Å². The summed E-state index contributed by atoms with van der Waals surface area (Å²) < 4.78 is 0. The third kappa shape index (κ3) is 6.15. The van der Waals surface area contributed by atoms with E-state index in [4.69, 9.17) is 23.2 Å². The van der Waals surface area contributed by atoms with Crippen molar-refractivity contribution in [3.63, 3.8) is 0 Å². The van der Waals surface area contributed by atoms with Crippen LogP contribution >= 0.6 is 23.2 Å². The van der Waals surface area contributed by atoms with Crippen LogP contribution in [0.25, 0.3) is 11.1 Å². The lowest BCUT2D eigenvalue weighted by atomic mass is 10.0. The topological polar surface area (TPSA) is 115 Å². The Balaban J connectivity index is 1.14. The molecule has 2 unspecified atom stereocenters. The van der Waals surface area contributed by atoms with Crippen LogP contribution in [0, 0.1) is 6.92 Å². The second kappa shape index (κ2) is 12.5. The number of rotatable bonds is 7. The molecule has 0 fully saturated rings. The fourth-order valence-corrected chi connectivity index (χ4v) is 5.22. The van der Waals surface area contributed by atoms with Gasteiger partial charge in [-0.05, 0) is 80.4 Å². The highest BCUT2D eigenvalue weighted by Crippen LogP contribution is 2.35. The first-order valence-electron chi connectivity index (χ1n) is 14.0. The van der Waals surface area contributed by atoms with Gasteiger partial charge in [0.05, 0.1) is 32.8 Å². The molecule has 0 spiro atoms. The molecule has 6 rings (SSSR count). The van der Waals surface area contributed by atoms with Gasteiger partial charge >= 0.3 is 0 Å². The second-order valence-electron chi connectivity index (χ2n) is 10.5. The van der Waals surface area contributed by atoms with Gasteiger partial charge in [0.25, 0.3) is 11.8 Å². The highest BCUT2D eigenvalue weighted by Gasteiger charge is 2.35. The fourth-order valence-electron chi connectivity index (χ4n) is 4.78. The summed E-state index contributed by atoms with van der Waals surface area (Å²) in [7, 11) is 0. The van der Waals surface area contributed by atoms with Crippen LogP contribution in [-0.2, 0) is 9.59 Å². The number of nitrogens with zero attached hydrogens (tertiary/aromatic N) is 8. The highest BCUT2D eigenvalue weighted by molar-refractivity contribution is 6.34. The number of halogens is 2. The number of hydrogen-bond acceptors (Lipinski definition) is 8. The van der Waals surface area contributed by atoms with Crippen LogP contribution < -0.4 is 10.0 Å². The van der Waals surface area contributed by atoms with Crippen molar-refractivity contribution in [3.05, 3.63) is 107 Å². The normalized spacial score (nSPS) is 18.4. The molecule has 224 valence electrons. The van der Waals surface area contributed by atoms with E-state index >= 15 is 0 Å². The molecule has 0 radical (unpaired) electrons. The van der Waals surface area contributed by atoms with Crippen molar-refractivity contribution < 1.29 is 9.59 Å². The molecular weight excluding hydrogens is 611 g/mol. The Kier molecular flexibility index (Phi) is 8.34. The SMILES string of the molecule is CC1=NN(c2ccccc2)C(=O)C1N=Nc1ccc(-c2ccc(N=NC3C(=O)N(c4ccc(C)cc4)N=C3C)c(Cl)c2)cc1Cl. The number of anilines is 2. The van der Waals surface area contributed by atoms with Gasteiger partial charge in [-0.15, -0.1) is 0 Å². The summed E-state index contributed by atoms with van der Waals surface area (Å²) in [6.07, 6.45) is 0. The van der Waals surface area contributed by atoms with E-state index in [1.807, 2.05) is 61.5 Å². The summed E-state index contributed by atoms with van der Waals surface area (Å²) in [5, 5.41) is 29.1. The van der Waals surface area contributed by atoms with Crippen LogP contribution in [0.4, 0.5) is 22.7 Å². The Morgan fingerprint density at radius 1 is 0.600 bits per heavy atom. The molecule has 4 aromatic carbocycles. The van der Waals surface area contributed by atoms with E-state index in [0.29, 0.717) is 44.2 Å². The zero-order valence-electron chi connectivity index (χ0n) is 24.5. The number of aryl methyl sites for hydroxylation is 1. The van der Waals surface area contributed by atoms with E-state index in [2.05, 4.69) is 30.7 Å². The molecule has 0 bridgehead atoms. The van der Waals surface area contributed by atoms with Crippen LogP contribution in [0.1, 0.15) is 19.4 Å². The maximum atomic E-state index is 13.0. The number of hydrazone groups is 2. The van der Waals surface area contributed by atoms with E-state index < -0.39 is 12.1 Å². The van der Waals surface area contributed by atoms with E-state index in [0.717, 1.165) is 16.7 Å². The average Bonchev–Trinajstić information content (AvgIpc) is 3.49. The molecule has 0 aromatic heterocycles. The summed E-state index contributed by atoms with van der Waals surface area (Å²) in [4.78, 5) is 25.9. The lowest BCUT2D eigenvalue weighted by Crippen LogP contribution is -2.29. The summed E-state index contributed by atoms with van der Waals surface area (Å²) in [6, 6.07) is 25.6. The number of benzene rings is 4. The first kappa shape index (κ1) is 30.0. The molecule has 2 aliphatic rings. The molecule has 0 aliphatic carbocycles. The summed E-state index contributed by atoms with van der Waals surface area (Å²) >= 11 is 13.1. The van der Waals surface area contributed by atoms with Crippen molar-refractivity contribution in [2.75, 3.05) is 10.0 Å². The summed E-state index contributed by atoms with van der Waals surface area (Å²) in [5.41, 5.74) is 5.89. The standard InChI is InChI=1S/C33H26Cl2N8O2/c1-19-9-13-25(14-10-19)43-33(45)31(21(3)41-43)39-37-29-16-12-23(18-27(29)35)22-11-15-28(26(34)17-22)36-38-30-20(2)40-42(32(30)44)24-7-5-4-6-8-24/h4-18,30-31H,1-3H3. The third-order valence-electron chi connectivity index (χ3n) is 7.26. The number of carbonyl (C=O) groups is 2. The molecule has 12 heteroatoms. The molecule has 0 N–H and O–H groups in total. The smallest absolute Gasteiger partial charge is 0.269 e. The Labute approximate surface area is 269 Å². The van der Waals surface area contributed by atoms with E-state index in [9.17, 15) is 9.59 Å². The van der Waals surface area contributed by atoms with Crippen molar-refractivity contribution in [1.82, 2.24) is 0 Å². The van der Waals surface area contributed by atoms with Gasteiger partial charge < -0.3 is 0 Å². The third-order valence-corrected chi connectivity index (χ3v) is 7.87. The lowest BCUT2D eigenvalue weighted by molar-refractivity contribution is -0.118. The number of para-hydroxylation sites is 1. The van der Waals surface area contributed by atoms with E-state index in [1.54, 1.807) is 50.2 Å². The van der Waals surface area contributed by atoms with Crippen molar-refractivity contribution in [3.8, 4) is 11.1 Å². The fraction of sp³-hybridized carbons (Fsp3) is 0.152. The zero-order valence-corrected chi connectivity index (χ0v) is 26.0. The first-order chi connectivity index (χ1) is 21.7. The zero-order chi connectivity index (χ0) is 31.7. The second-order valence-corrected chi connectivity index (χ2v) is 11.3. The Morgan fingerprint density at radius 2 is 1.04 bits per heavy atom. The van der Waals surface area contributed by atoms with E-state index in [-0.39, 0.29) is 11.8 Å². The van der Waals surface area contributed by atoms with Gasteiger partial charge in [-0.2, -0.15) is 40.7 Å². The maximum Gasteiger partial charge on any atom is 0.280 e. The van der Waals surface area contributed by atoms with Gasteiger partial charge in [0.2, 0.25) is 0 Å². The van der Waals surface area contributed by atoms with Crippen LogP contribution in [0.15, 0.2) is 122 Å². The molecule has 0 saturated carbocycles. The molecule has 4 aromatic rings. The van der Waals surface area contributed by atoms with Crippen LogP contribution in [0.5, 0.6) is 0 Å². The molecule has 10 nitrogen and oxygen atoms in total. The minimum atomic E-state index is -0.835. The van der Waals surface area contributed by atoms with Crippen LogP contribution in [-0.4, -0.2) is 35.3 Å². The summed E-state index contributed by atoms with van der Waals surface area (Å²) in [6.45, 7) is 5.46. The summed E-state index contributed by atoms with van der Waals surface area (Å²) in [5.74, 6) is -0.571. The van der Waals surface area contributed by atoms with Gasteiger partial charge in [-0.1, -0.05) is 71.2 Å². The first-order valence-corrected chi connectivity index (χ1v) is 14.8. The molecule has 45 heavy (non-hydrogen) atoms. The molecule has 2 heterocycles. The molecule has 2 atom stereocenters. The number of amides is 2. The quantitative estimate of drug-likeness (QED) is 0.189. The monoisotopic (exact) mass is 636 g/mol. The Bertz CT molecular complexity index is 1920. The number of azo groups is 2. The van der Waals surface area contributed by atoms with Crippen molar-refractivity contribution in [2.45, 2.75) is 32.9 Å². The van der Waals surface area contributed by atoms with Gasteiger partial charge in [0.15, 0.2) is 12.1 Å². The lowest BCUT2D eigenvalue weighted by Gasteiger charge is -2.12. The highest BCUT2D eigenvalue weighted by atomic mass is 35.5. The minimum absolute atomic E-state index is 0.284. The van der Waals surface area contributed by atoms with Crippen molar-refractivity contribution >= 4 is 69.2 Å². The molecule has 2 amide bonds. The van der Waals surface area contributed by atoms with Gasteiger partial charge in [0.1, 0.15) is 11.4 Å². The Morgan fingerprint density at radius 3 is 1.49 bits per heavy atom. The van der Waals surface area contributed by atoms with Gasteiger partial charge in [0, 0.05) is 0 Å². The van der Waals surface area contributed by atoms with Gasteiger partial charge in [-0.3, -0.25) is 9.59 Å². The van der Waals surface area contributed by atoms with Crippen LogP contribution in [0.3, 0.4) is 0 Å². The largest absolute Gasteiger partial charge is 0.280 e.